The average Bonchev–Trinajstić information content (AvgIpc) is 3.17. The minimum absolute atomic E-state index is 0.446. The van der Waals surface area contributed by atoms with E-state index in [2.05, 4.69) is 19.9 Å². The number of nitrogens with zero attached hydrogens (tertiary/aromatic N) is 4. The fourth-order valence-electron chi connectivity index (χ4n) is 2.80. The Labute approximate surface area is 165 Å². The Hall–Kier alpha value is -2.83. The van der Waals surface area contributed by atoms with Crippen molar-refractivity contribution in [2.24, 2.45) is 4.99 Å². The van der Waals surface area contributed by atoms with Crippen LogP contribution in [0, 0.1) is 0 Å². The molecule has 4 aromatic rings. The predicted octanol–water partition coefficient (Wildman–Crippen LogP) is 4.36. The van der Waals surface area contributed by atoms with E-state index in [1.54, 1.807) is 19.8 Å². The van der Waals surface area contributed by atoms with Crippen LogP contribution in [0.1, 0.15) is 5.56 Å². The zero-order valence-corrected chi connectivity index (χ0v) is 15.9. The van der Waals surface area contributed by atoms with Crippen LogP contribution in [0.25, 0.3) is 11.2 Å². The lowest BCUT2D eigenvalue weighted by Crippen LogP contribution is -2.15. The lowest BCUT2D eigenvalue weighted by molar-refractivity contribution is 0.416. The van der Waals surface area contributed by atoms with Gasteiger partial charge in [0, 0.05) is 15.6 Å². The molecule has 0 aliphatic heterocycles. The number of methoxy groups -OCH3 is 1. The SMILES string of the molecule is COc1ccccc1N=c1ncn(Cc2c(Cl)cccc2Cl)c2nc[nH]c12. The quantitative estimate of drug-likeness (QED) is 0.554. The van der Waals surface area contributed by atoms with Crippen LogP contribution in [0.5, 0.6) is 5.75 Å². The van der Waals surface area contributed by atoms with Crippen LogP contribution in [0.4, 0.5) is 5.69 Å². The van der Waals surface area contributed by atoms with E-state index < -0.39 is 0 Å². The molecule has 6 nitrogen and oxygen atoms in total. The van der Waals surface area contributed by atoms with E-state index in [1.807, 2.05) is 47.0 Å². The standard InChI is InChI=1S/C19H15Cl2N5O/c1-27-16-8-3-2-7-15(16)25-18-17-19(23-10-22-17)26(11-24-18)9-12-13(20)5-4-6-14(12)21/h2-8,10-11H,9H2,1H3,(H,22,23). The Morgan fingerprint density at radius 2 is 1.85 bits per heavy atom. The van der Waals surface area contributed by atoms with Gasteiger partial charge in [0.05, 0.1) is 26.3 Å². The summed E-state index contributed by atoms with van der Waals surface area (Å²) in [6.07, 6.45) is 3.29. The number of fused-ring (bicyclic) bond motifs is 1. The Balaban J connectivity index is 1.83. The van der Waals surface area contributed by atoms with Crippen LogP contribution in [0.15, 0.2) is 60.1 Å². The fraction of sp³-hybridized carbons (Fsp3) is 0.105. The second kappa shape index (κ2) is 7.42. The summed E-state index contributed by atoms with van der Waals surface area (Å²) < 4.78 is 7.23. The summed E-state index contributed by atoms with van der Waals surface area (Å²) in [5, 5.41) is 1.20. The summed E-state index contributed by atoms with van der Waals surface area (Å²) in [4.78, 5) is 16.6. The first-order valence-electron chi connectivity index (χ1n) is 8.16. The maximum atomic E-state index is 6.30. The average molecular weight is 400 g/mol. The van der Waals surface area contributed by atoms with Gasteiger partial charge in [-0.3, -0.25) is 0 Å². The van der Waals surface area contributed by atoms with Gasteiger partial charge in [-0.25, -0.2) is 15.0 Å². The van der Waals surface area contributed by atoms with Crippen molar-refractivity contribution in [3.05, 3.63) is 76.2 Å². The van der Waals surface area contributed by atoms with Crippen molar-refractivity contribution >= 4 is 40.1 Å². The molecule has 136 valence electrons. The highest BCUT2D eigenvalue weighted by Crippen LogP contribution is 2.27. The molecule has 0 radical (unpaired) electrons. The summed E-state index contributed by atoms with van der Waals surface area (Å²) in [6, 6.07) is 12.9. The molecule has 0 saturated carbocycles. The molecule has 0 fully saturated rings. The summed E-state index contributed by atoms with van der Waals surface area (Å²) in [7, 11) is 1.61. The smallest absolute Gasteiger partial charge is 0.181 e. The van der Waals surface area contributed by atoms with Gasteiger partial charge >= 0.3 is 0 Å². The number of nitrogens with one attached hydrogen (secondary N) is 1. The molecular formula is C19H15Cl2N5O. The van der Waals surface area contributed by atoms with E-state index in [0.29, 0.717) is 44.7 Å². The Morgan fingerprint density at radius 1 is 1.07 bits per heavy atom. The molecule has 27 heavy (non-hydrogen) atoms. The minimum Gasteiger partial charge on any atom is -0.494 e. The minimum atomic E-state index is 0.446. The van der Waals surface area contributed by atoms with Crippen molar-refractivity contribution in [2.45, 2.75) is 6.54 Å². The van der Waals surface area contributed by atoms with E-state index >= 15 is 0 Å². The number of halogens is 2. The Kier molecular flexibility index (Phi) is 4.83. The Bertz CT molecular complexity index is 1160. The largest absolute Gasteiger partial charge is 0.494 e. The number of hydrogen-bond acceptors (Lipinski definition) is 4. The molecule has 0 aliphatic rings. The van der Waals surface area contributed by atoms with Crippen molar-refractivity contribution in [3.8, 4) is 5.75 Å². The number of rotatable bonds is 4. The molecule has 8 heteroatoms. The number of aromatic nitrogens is 4. The second-order valence-corrected chi connectivity index (χ2v) is 6.60. The normalized spacial score (nSPS) is 11.9. The molecule has 0 unspecified atom stereocenters. The first-order chi connectivity index (χ1) is 13.2. The van der Waals surface area contributed by atoms with Gasteiger partial charge in [-0.15, -0.1) is 0 Å². The van der Waals surface area contributed by atoms with E-state index in [4.69, 9.17) is 27.9 Å². The molecule has 0 aliphatic carbocycles. The molecule has 1 N–H and O–H groups in total. The summed E-state index contributed by atoms with van der Waals surface area (Å²) >= 11 is 12.6. The fourth-order valence-corrected chi connectivity index (χ4v) is 3.32. The number of hydrogen-bond donors (Lipinski definition) is 1. The Morgan fingerprint density at radius 3 is 2.63 bits per heavy atom. The summed E-state index contributed by atoms with van der Waals surface area (Å²) in [5.41, 5.74) is 3.44. The zero-order valence-electron chi connectivity index (χ0n) is 14.4. The zero-order chi connectivity index (χ0) is 18.8. The van der Waals surface area contributed by atoms with Gasteiger partial charge in [-0.05, 0) is 24.3 Å². The third kappa shape index (κ3) is 3.41. The van der Waals surface area contributed by atoms with E-state index in [0.717, 1.165) is 5.56 Å². The number of ether oxygens (including phenoxy) is 1. The van der Waals surface area contributed by atoms with Crippen molar-refractivity contribution < 1.29 is 4.74 Å². The highest BCUT2D eigenvalue weighted by molar-refractivity contribution is 6.36. The van der Waals surface area contributed by atoms with Gasteiger partial charge in [0.1, 0.15) is 17.0 Å². The predicted molar refractivity (Wildman–Crippen MR) is 106 cm³/mol. The van der Waals surface area contributed by atoms with Gasteiger partial charge < -0.3 is 14.3 Å². The van der Waals surface area contributed by atoms with Crippen LogP contribution < -0.4 is 10.2 Å². The number of para-hydroxylation sites is 2. The third-order valence-corrected chi connectivity index (χ3v) is 4.84. The van der Waals surface area contributed by atoms with E-state index in [9.17, 15) is 0 Å². The molecular weight excluding hydrogens is 385 g/mol. The van der Waals surface area contributed by atoms with E-state index in [1.165, 1.54) is 0 Å². The van der Waals surface area contributed by atoms with Crippen LogP contribution in [-0.2, 0) is 6.54 Å². The molecule has 0 bridgehead atoms. The molecule has 2 aromatic heterocycles. The molecule has 4 rings (SSSR count). The van der Waals surface area contributed by atoms with Crippen molar-refractivity contribution in [1.82, 2.24) is 19.5 Å². The monoisotopic (exact) mass is 399 g/mol. The molecule has 2 heterocycles. The second-order valence-electron chi connectivity index (χ2n) is 5.78. The molecule has 0 spiro atoms. The molecule has 2 aromatic carbocycles. The van der Waals surface area contributed by atoms with Crippen molar-refractivity contribution in [2.75, 3.05) is 7.11 Å². The maximum absolute atomic E-state index is 6.30. The van der Waals surface area contributed by atoms with Crippen molar-refractivity contribution in [3.63, 3.8) is 0 Å². The van der Waals surface area contributed by atoms with Gasteiger partial charge in [0.2, 0.25) is 0 Å². The lowest BCUT2D eigenvalue weighted by Gasteiger charge is -2.10. The van der Waals surface area contributed by atoms with Gasteiger partial charge in [-0.1, -0.05) is 41.4 Å². The number of benzene rings is 2. The van der Waals surface area contributed by atoms with Gasteiger partial charge in [0.25, 0.3) is 0 Å². The third-order valence-electron chi connectivity index (χ3n) is 4.14. The van der Waals surface area contributed by atoms with Gasteiger partial charge in [0.15, 0.2) is 11.1 Å². The van der Waals surface area contributed by atoms with Crippen molar-refractivity contribution in [1.29, 1.82) is 0 Å². The van der Waals surface area contributed by atoms with Crippen LogP contribution in [0.3, 0.4) is 0 Å². The summed E-state index contributed by atoms with van der Waals surface area (Å²) in [5.74, 6) is 0.673. The van der Waals surface area contributed by atoms with Crippen LogP contribution >= 0.6 is 23.2 Å². The van der Waals surface area contributed by atoms with Crippen LogP contribution in [-0.4, -0.2) is 26.6 Å². The lowest BCUT2D eigenvalue weighted by atomic mass is 10.2. The molecule has 0 atom stereocenters. The molecule has 0 amide bonds. The summed E-state index contributed by atoms with van der Waals surface area (Å²) in [6.45, 7) is 0.446. The first kappa shape index (κ1) is 17.6. The maximum Gasteiger partial charge on any atom is 0.181 e. The number of imidazole rings is 1. The highest BCUT2D eigenvalue weighted by Gasteiger charge is 2.11. The first-order valence-corrected chi connectivity index (χ1v) is 8.92. The van der Waals surface area contributed by atoms with Gasteiger partial charge in [-0.2, -0.15) is 0 Å². The number of aromatic amines is 1. The topological polar surface area (TPSA) is 68.1 Å². The van der Waals surface area contributed by atoms with E-state index in [-0.39, 0.29) is 0 Å². The molecule has 0 saturated heterocycles. The highest BCUT2D eigenvalue weighted by atomic mass is 35.5. The number of H-pyrrole nitrogens is 1. The van der Waals surface area contributed by atoms with Crippen LogP contribution in [0.2, 0.25) is 10.0 Å².